The maximum absolute atomic E-state index is 12.9. The summed E-state index contributed by atoms with van der Waals surface area (Å²) in [4.78, 5) is 14.8. The van der Waals surface area contributed by atoms with Gasteiger partial charge >= 0.3 is 6.18 Å². The molecular formula is C23H24ClF3N6. The van der Waals surface area contributed by atoms with E-state index in [1.807, 2.05) is 6.07 Å². The average molecular weight is 477 g/mol. The number of halogens is 4. The molecule has 2 aliphatic rings. The third-order valence-corrected chi connectivity index (χ3v) is 5.95. The molecule has 10 heteroatoms. The monoisotopic (exact) mass is 476 g/mol. The number of alkyl halides is 3. The number of nitrogens with two attached hydrogens (primary N) is 1. The van der Waals surface area contributed by atoms with E-state index in [4.69, 9.17) is 22.3 Å². The summed E-state index contributed by atoms with van der Waals surface area (Å²) in [5.41, 5.74) is 7.91. The van der Waals surface area contributed by atoms with E-state index in [0.717, 1.165) is 42.5 Å². The minimum absolute atomic E-state index is 0.233. The molecule has 0 bridgehead atoms. The molecule has 0 aromatic carbocycles. The molecule has 4 rings (SSSR count). The molecule has 0 radical (unpaired) electrons. The van der Waals surface area contributed by atoms with E-state index in [0.29, 0.717) is 29.4 Å². The number of hydrogen-bond acceptors (Lipinski definition) is 5. The summed E-state index contributed by atoms with van der Waals surface area (Å²) in [5.74, 6) is 1.35. The number of aliphatic imine (C=N–C) groups is 1. The fourth-order valence-electron chi connectivity index (χ4n) is 3.87. The second-order valence-electron chi connectivity index (χ2n) is 8.08. The molecule has 174 valence electrons. The van der Waals surface area contributed by atoms with Crippen molar-refractivity contribution in [1.82, 2.24) is 15.3 Å². The van der Waals surface area contributed by atoms with E-state index in [9.17, 15) is 13.2 Å². The van der Waals surface area contributed by atoms with Gasteiger partial charge in [0.2, 0.25) is 0 Å². The van der Waals surface area contributed by atoms with Crippen LogP contribution in [0, 0.1) is 5.92 Å². The van der Waals surface area contributed by atoms with Crippen molar-refractivity contribution in [3.8, 4) is 0 Å². The van der Waals surface area contributed by atoms with Crippen molar-refractivity contribution >= 4 is 23.3 Å². The molecule has 1 saturated carbocycles. The molecule has 3 N–H and O–H groups in total. The second-order valence-corrected chi connectivity index (χ2v) is 8.52. The van der Waals surface area contributed by atoms with Gasteiger partial charge < -0.3 is 16.0 Å². The van der Waals surface area contributed by atoms with Gasteiger partial charge in [-0.25, -0.2) is 4.98 Å². The van der Waals surface area contributed by atoms with E-state index in [-0.39, 0.29) is 12.0 Å². The van der Waals surface area contributed by atoms with E-state index in [1.54, 1.807) is 18.5 Å². The van der Waals surface area contributed by atoms with Gasteiger partial charge in [-0.15, -0.1) is 0 Å². The van der Waals surface area contributed by atoms with Gasteiger partial charge in [-0.3, -0.25) is 9.98 Å². The lowest BCUT2D eigenvalue weighted by Crippen LogP contribution is -2.39. The number of nitrogens with zero attached hydrogens (tertiary/aromatic N) is 4. The van der Waals surface area contributed by atoms with Crippen molar-refractivity contribution in [1.29, 1.82) is 0 Å². The van der Waals surface area contributed by atoms with Crippen LogP contribution in [0.4, 0.5) is 19.0 Å². The van der Waals surface area contributed by atoms with Crippen LogP contribution in [0.5, 0.6) is 0 Å². The summed E-state index contributed by atoms with van der Waals surface area (Å²) >= 11 is 5.96. The molecular weight excluding hydrogens is 453 g/mol. The lowest BCUT2D eigenvalue weighted by atomic mass is 10.0. The lowest BCUT2D eigenvalue weighted by Gasteiger charge is -2.32. The minimum atomic E-state index is -4.48. The maximum Gasteiger partial charge on any atom is 0.433 e. The molecule has 6 nitrogen and oxygen atoms in total. The summed E-state index contributed by atoms with van der Waals surface area (Å²) in [5, 5.41) is 3.71. The minimum Gasteiger partial charge on any atom is -0.384 e. The molecule has 1 aliphatic heterocycles. The van der Waals surface area contributed by atoms with Gasteiger partial charge in [-0.1, -0.05) is 24.2 Å². The number of nitrogens with one attached hydrogen (secondary N) is 1. The van der Waals surface area contributed by atoms with E-state index in [1.165, 1.54) is 12.3 Å². The van der Waals surface area contributed by atoms with Crippen LogP contribution in [-0.2, 0) is 6.18 Å². The highest BCUT2D eigenvalue weighted by Gasteiger charge is 2.35. The van der Waals surface area contributed by atoms with Crippen LogP contribution in [0.3, 0.4) is 0 Å². The Labute approximate surface area is 195 Å². The molecule has 1 unspecified atom stereocenters. The summed E-state index contributed by atoms with van der Waals surface area (Å²) in [6.07, 6.45) is 2.53. The Morgan fingerprint density at radius 2 is 2.03 bits per heavy atom. The molecule has 0 spiro atoms. The molecule has 33 heavy (non-hydrogen) atoms. The Bertz CT molecular complexity index is 1060. The van der Waals surface area contributed by atoms with Crippen LogP contribution in [0.15, 0.2) is 65.7 Å². The van der Waals surface area contributed by atoms with E-state index >= 15 is 0 Å². The second kappa shape index (κ2) is 9.43. The SMILES string of the molecule is C=CNC1=C(C(N)=NC(c2ccc(C(F)(F)F)nc2)C2CC2)CN(c2ccc(Cl)cn2)CC1. The molecule has 0 saturated heterocycles. The highest BCUT2D eigenvalue weighted by molar-refractivity contribution is 6.30. The van der Waals surface area contributed by atoms with Crippen LogP contribution in [0.2, 0.25) is 5.02 Å². The average Bonchev–Trinajstić information content (AvgIpc) is 3.63. The summed E-state index contributed by atoms with van der Waals surface area (Å²) in [6.45, 7) is 4.94. The zero-order chi connectivity index (χ0) is 23.6. The summed E-state index contributed by atoms with van der Waals surface area (Å²) in [7, 11) is 0. The highest BCUT2D eigenvalue weighted by atomic mass is 35.5. The maximum atomic E-state index is 12.9. The highest BCUT2D eigenvalue weighted by Crippen LogP contribution is 2.44. The molecule has 2 aromatic heterocycles. The van der Waals surface area contributed by atoms with E-state index in [2.05, 4.69) is 26.8 Å². The first-order valence-electron chi connectivity index (χ1n) is 10.6. The topological polar surface area (TPSA) is 79.4 Å². The van der Waals surface area contributed by atoms with Gasteiger partial charge in [0.15, 0.2) is 0 Å². The predicted octanol–water partition coefficient (Wildman–Crippen LogP) is 4.85. The zero-order valence-electron chi connectivity index (χ0n) is 17.8. The van der Waals surface area contributed by atoms with Gasteiger partial charge in [0.25, 0.3) is 0 Å². The van der Waals surface area contributed by atoms with Gasteiger partial charge in [0.1, 0.15) is 17.3 Å². The fraction of sp³-hybridized carbons (Fsp3) is 0.348. The van der Waals surface area contributed by atoms with Gasteiger partial charge in [-0.05, 0) is 48.7 Å². The Hall–Kier alpha value is -3.07. The summed E-state index contributed by atoms with van der Waals surface area (Å²) in [6, 6.07) is 5.72. The third kappa shape index (κ3) is 5.47. The fourth-order valence-corrected chi connectivity index (χ4v) is 3.98. The van der Waals surface area contributed by atoms with E-state index < -0.39 is 11.9 Å². The number of hydrogen-bond donors (Lipinski definition) is 2. The normalized spacial score (nSPS) is 18.3. The number of rotatable bonds is 7. The zero-order valence-corrected chi connectivity index (χ0v) is 18.6. The quantitative estimate of drug-likeness (QED) is 0.441. The molecule has 0 amide bonds. The Kier molecular flexibility index (Phi) is 6.60. The predicted molar refractivity (Wildman–Crippen MR) is 123 cm³/mol. The van der Waals surface area contributed by atoms with Crippen LogP contribution >= 0.6 is 11.6 Å². The van der Waals surface area contributed by atoms with Crippen molar-refractivity contribution in [2.24, 2.45) is 16.6 Å². The van der Waals surface area contributed by atoms with Crippen molar-refractivity contribution in [2.75, 3.05) is 18.0 Å². The number of anilines is 1. The Balaban J connectivity index is 1.62. The number of aromatic nitrogens is 2. The first kappa shape index (κ1) is 23.1. The number of pyridine rings is 2. The van der Waals surface area contributed by atoms with Gasteiger partial charge in [0.05, 0.1) is 11.1 Å². The smallest absolute Gasteiger partial charge is 0.384 e. The molecule has 1 fully saturated rings. The molecule has 2 aromatic rings. The van der Waals surface area contributed by atoms with Gasteiger partial charge in [0, 0.05) is 43.2 Å². The molecule has 1 aliphatic carbocycles. The van der Waals surface area contributed by atoms with Crippen LogP contribution in [-0.4, -0.2) is 28.9 Å². The first-order chi connectivity index (χ1) is 15.8. The Morgan fingerprint density at radius 3 is 2.61 bits per heavy atom. The van der Waals surface area contributed by atoms with Gasteiger partial charge in [-0.2, -0.15) is 13.2 Å². The lowest BCUT2D eigenvalue weighted by molar-refractivity contribution is -0.141. The standard InChI is InChI=1S/C23H24ClF3N6/c1-2-29-18-9-10-33(20-8-6-16(24)12-31-20)13-17(18)22(28)32-21(14-3-4-14)15-5-7-19(30-11-15)23(25,26)27/h2,5-8,11-12,14,21,29H,1,3-4,9-10,13H2,(H2,28,32). The van der Waals surface area contributed by atoms with Crippen LogP contribution < -0.4 is 16.0 Å². The molecule has 3 heterocycles. The summed E-state index contributed by atoms with van der Waals surface area (Å²) < 4.78 is 38.7. The number of amidine groups is 1. The van der Waals surface area contributed by atoms with Crippen molar-refractivity contribution in [3.63, 3.8) is 0 Å². The van der Waals surface area contributed by atoms with Crippen LogP contribution in [0.1, 0.15) is 36.6 Å². The Morgan fingerprint density at radius 1 is 1.24 bits per heavy atom. The van der Waals surface area contributed by atoms with Crippen molar-refractivity contribution in [3.05, 3.63) is 77.0 Å². The van der Waals surface area contributed by atoms with Crippen LogP contribution in [0.25, 0.3) is 0 Å². The molecule has 1 atom stereocenters. The van der Waals surface area contributed by atoms with Crippen molar-refractivity contribution in [2.45, 2.75) is 31.5 Å². The largest absolute Gasteiger partial charge is 0.433 e. The van der Waals surface area contributed by atoms with Crippen molar-refractivity contribution < 1.29 is 13.2 Å². The third-order valence-electron chi connectivity index (χ3n) is 5.73. The first-order valence-corrected chi connectivity index (χ1v) is 11.0.